The second-order valence-electron chi connectivity index (χ2n) is 7.48. The number of amides is 1. The van der Waals surface area contributed by atoms with Gasteiger partial charge in [-0.2, -0.15) is 5.10 Å². The Balaban J connectivity index is 1.39. The van der Waals surface area contributed by atoms with Crippen LogP contribution in [0.1, 0.15) is 35.8 Å². The molecule has 0 aliphatic heterocycles. The summed E-state index contributed by atoms with van der Waals surface area (Å²) in [7, 11) is 1.85. The lowest BCUT2D eigenvalue weighted by molar-refractivity contribution is 0.0984. The molecule has 8 nitrogen and oxygen atoms in total. The largest absolute Gasteiger partial charge is 0.476 e. The molecule has 3 heterocycles. The van der Waals surface area contributed by atoms with E-state index in [2.05, 4.69) is 26.8 Å². The number of hydrogen-bond acceptors (Lipinski definition) is 6. The van der Waals surface area contributed by atoms with Gasteiger partial charge >= 0.3 is 0 Å². The van der Waals surface area contributed by atoms with Crippen LogP contribution in [0.3, 0.4) is 0 Å². The van der Waals surface area contributed by atoms with Gasteiger partial charge in [0.25, 0.3) is 5.91 Å². The van der Waals surface area contributed by atoms with Crippen molar-refractivity contribution in [3.8, 4) is 11.7 Å². The smallest absolute Gasteiger partial charge is 0.264 e. The summed E-state index contributed by atoms with van der Waals surface area (Å²) >= 11 is 7.47. The van der Waals surface area contributed by atoms with Gasteiger partial charge in [0.15, 0.2) is 5.82 Å². The lowest BCUT2D eigenvalue weighted by atomic mass is 9.75. The van der Waals surface area contributed by atoms with Crippen molar-refractivity contribution in [2.75, 3.05) is 6.61 Å². The summed E-state index contributed by atoms with van der Waals surface area (Å²) in [6.45, 7) is 4.86. The van der Waals surface area contributed by atoms with Crippen LogP contribution in [-0.2, 0) is 7.05 Å². The highest BCUT2D eigenvalue weighted by molar-refractivity contribution is 7.98. The molecule has 3 aromatic rings. The van der Waals surface area contributed by atoms with Crippen LogP contribution in [0.2, 0.25) is 5.15 Å². The summed E-state index contributed by atoms with van der Waals surface area (Å²) < 4.78 is 11.9. The molecule has 1 aliphatic rings. The third kappa shape index (κ3) is 4.32. The predicted octanol–water partition coefficient (Wildman–Crippen LogP) is 3.82. The van der Waals surface area contributed by atoms with Crippen molar-refractivity contribution < 1.29 is 9.53 Å². The molecule has 0 bridgehead atoms. The first-order chi connectivity index (χ1) is 14.4. The normalized spacial score (nSPS) is 18.1. The van der Waals surface area contributed by atoms with Gasteiger partial charge in [0.1, 0.15) is 5.15 Å². The van der Waals surface area contributed by atoms with Gasteiger partial charge < -0.3 is 4.74 Å². The van der Waals surface area contributed by atoms with Gasteiger partial charge in [0.2, 0.25) is 5.88 Å². The van der Waals surface area contributed by atoms with E-state index in [1.54, 1.807) is 40.0 Å². The minimum Gasteiger partial charge on any atom is -0.476 e. The molecule has 4 rings (SSSR count). The Labute approximate surface area is 184 Å². The monoisotopic (exact) mass is 446 g/mol. The Bertz CT molecular complexity index is 1070. The SMILES string of the molecule is Cc1c(SNC(=O)c2ccc(-n3ccc(OCC4CCC4C)n3)nc2Cl)cnn1C. The summed E-state index contributed by atoms with van der Waals surface area (Å²) in [6.07, 6.45) is 5.94. The molecule has 158 valence electrons. The Morgan fingerprint density at radius 3 is 2.83 bits per heavy atom. The molecular formula is C20H23ClN6O2S. The summed E-state index contributed by atoms with van der Waals surface area (Å²) in [4.78, 5) is 17.7. The first-order valence-electron chi connectivity index (χ1n) is 9.73. The average molecular weight is 447 g/mol. The van der Waals surface area contributed by atoms with Crippen molar-refractivity contribution >= 4 is 29.5 Å². The fourth-order valence-electron chi connectivity index (χ4n) is 3.14. The van der Waals surface area contributed by atoms with Gasteiger partial charge in [0.05, 0.1) is 29.0 Å². The minimum atomic E-state index is -0.327. The molecule has 2 unspecified atom stereocenters. The highest BCUT2D eigenvalue weighted by Gasteiger charge is 2.27. The van der Waals surface area contributed by atoms with Crippen LogP contribution in [0, 0.1) is 18.8 Å². The van der Waals surface area contributed by atoms with Crippen LogP contribution >= 0.6 is 23.5 Å². The maximum absolute atomic E-state index is 12.5. The van der Waals surface area contributed by atoms with Crippen molar-refractivity contribution in [2.45, 2.75) is 31.6 Å². The average Bonchev–Trinajstić information content (AvgIpc) is 3.32. The molecule has 3 aromatic heterocycles. The van der Waals surface area contributed by atoms with Gasteiger partial charge in [0, 0.05) is 19.3 Å². The molecule has 0 saturated heterocycles. The molecule has 0 aromatic carbocycles. The van der Waals surface area contributed by atoms with E-state index in [1.807, 2.05) is 14.0 Å². The maximum Gasteiger partial charge on any atom is 0.264 e. The Morgan fingerprint density at radius 1 is 1.37 bits per heavy atom. The van der Waals surface area contributed by atoms with E-state index >= 15 is 0 Å². The van der Waals surface area contributed by atoms with E-state index < -0.39 is 0 Å². The van der Waals surface area contributed by atoms with Crippen molar-refractivity contribution in [1.29, 1.82) is 0 Å². The number of carbonyl (C=O) groups excluding carboxylic acids is 1. The molecule has 1 fully saturated rings. The molecule has 10 heteroatoms. The molecule has 1 N–H and O–H groups in total. The maximum atomic E-state index is 12.5. The number of aromatic nitrogens is 5. The van der Waals surface area contributed by atoms with Crippen LogP contribution in [-0.4, -0.2) is 37.1 Å². The van der Waals surface area contributed by atoms with E-state index in [4.69, 9.17) is 16.3 Å². The van der Waals surface area contributed by atoms with Gasteiger partial charge in [-0.3, -0.25) is 14.2 Å². The van der Waals surface area contributed by atoms with E-state index in [1.165, 1.54) is 24.8 Å². The zero-order valence-electron chi connectivity index (χ0n) is 17.0. The first kappa shape index (κ1) is 20.7. The Kier molecular flexibility index (Phi) is 6.01. The number of nitrogens with zero attached hydrogens (tertiary/aromatic N) is 5. The molecule has 1 aliphatic carbocycles. The molecule has 0 spiro atoms. The molecule has 2 atom stereocenters. The minimum absolute atomic E-state index is 0.106. The number of ether oxygens (including phenoxy) is 1. The van der Waals surface area contributed by atoms with Gasteiger partial charge in [-0.25, -0.2) is 9.67 Å². The molecule has 30 heavy (non-hydrogen) atoms. The zero-order valence-corrected chi connectivity index (χ0v) is 18.6. The number of pyridine rings is 1. The highest BCUT2D eigenvalue weighted by atomic mass is 35.5. The van der Waals surface area contributed by atoms with Crippen molar-refractivity contribution in [2.24, 2.45) is 18.9 Å². The molecule has 0 radical (unpaired) electrons. The number of halogens is 1. The lowest BCUT2D eigenvalue weighted by Crippen LogP contribution is -2.28. The van der Waals surface area contributed by atoms with E-state index in [9.17, 15) is 4.79 Å². The number of nitrogens with one attached hydrogen (secondary N) is 1. The summed E-state index contributed by atoms with van der Waals surface area (Å²) in [5.41, 5.74) is 1.25. The van der Waals surface area contributed by atoms with Crippen LogP contribution in [0.25, 0.3) is 5.82 Å². The second kappa shape index (κ2) is 8.69. The van der Waals surface area contributed by atoms with Gasteiger partial charge in [-0.15, -0.1) is 5.10 Å². The van der Waals surface area contributed by atoms with Crippen molar-refractivity contribution in [3.63, 3.8) is 0 Å². The van der Waals surface area contributed by atoms with Crippen LogP contribution in [0.5, 0.6) is 5.88 Å². The van der Waals surface area contributed by atoms with E-state index in [0.29, 0.717) is 30.1 Å². The predicted molar refractivity (Wildman–Crippen MR) is 115 cm³/mol. The fraction of sp³-hybridized carbons (Fsp3) is 0.400. The zero-order chi connectivity index (χ0) is 21.3. The van der Waals surface area contributed by atoms with Gasteiger partial charge in [-0.1, -0.05) is 18.5 Å². The van der Waals surface area contributed by atoms with Crippen LogP contribution < -0.4 is 9.46 Å². The Morgan fingerprint density at radius 2 is 2.20 bits per heavy atom. The number of carbonyl (C=O) groups is 1. The molecular weight excluding hydrogens is 424 g/mol. The Hall–Kier alpha value is -2.52. The van der Waals surface area contributed by atoms with E-state index in [0.717, 1.165) is 10.6 Å². The topological polar surface area (TPSA) is 86.9 Å². The molecule has 1 saturated carbocycles. The van der Waals surface area contributed by atoms with Gasteiger partial charge in [-0.05, 0) is 55.7 Å². The number of hydrogen-bond donors (Lipinski definition) is 1. The van der Waals surface area contributed by atoms with Crippen molar-refractivity contribution in [1.82, 2.24) is 29.3 Å². The van der Waals surface area contributed by atoms with E-state index in [-0.39, 0.29) is 16.6 Å². The summed E-state index contributed by atoms with van der Waals surface area (Å²) in [5, 5.41) is 8.66. The summed E-state index contributed by atoms with van der Waals surface area (Å²) in [5.74, 6) is 2.06. The number of rotatable bonds is 7. The standard InChI is InChI=1S/C20H23ClN6O2S/c1-12-4-5-14(12)11-29-18-8-9-27(24-18)17-7-6-15(19(21)23-17)20(28)25-30-16-10-22-26(3)13(16)2/h6-10,12,14H,4-5,11H2,1-3H3,(H,25,28). The first-order valence-corrected chi connectivity index (χ1v) is 10.9. The second-order valence-corrected chi connectivity index (χ2v) is 8.69. The quantitative estimate of drug-likeness (QED) is 0.438. The number of aryl methyl sites for hydroxylation is 1. The van der Waals surface area contributed by atoms with Crippen LogP contribution in [0.4, 0.5) is 0 Å². The van der Waals surface area contributed by atoms with Crippen molar-refractivity contribution in [3.05, 3.63) is 47.0 Å². The third-order valence-corrected chi connectivity index (χ3v) is 6.76. The van der Waals surface area contributed by atoms with Crippen LogP contribution in [0.15, 0.2) is 35.5 Å². The fourth-order valence-corrected chi connectivity index (χ4v) is 4.07. The lowest BCUT2D eigenvalue weighted by Gasteiger charge is -2.33. The molecule has 1 amide bonds. The highest BCUT2D eigenvalue weighted by Crippen LogP contribution is 2.33. The summed E-state index contributed by atoms with van der Waals surface area (Å²) in [6, 6.07) is 5.13. The third-order valence-electron chi connectivity index (χ3n) is 5.56.